The molecule has 1 heterocycles. The zero-order chi connectivity index (χ0) is 11.7. The zero-order valence-electron chi connectivity index (χ0n) is 10.8. The minimum Gasteiger partial charge on any atom is -0.252 e. The molecule has 1 aromatic rings. The van der Waals surface area contributed by atoms with Crippen LogP contribution in [-0.4, -0.2) is 15.0 Å². The lowest BCUT2D eigenvalue weighted by molar-refractivity contribution is 0.339. The van der Waals surface area contributed by atoms with Crippen LogP contribution in [0, 0.1) is 5.41 Å². The molecule has 1 rings (SSSR count). The Labute approximate surface area is 92.9 Å². The molecule has 0 fully saturated rings. The molecule has 0 bridgehead atoms. The smallest absolute Gasteiger partial charge is 0.0880 e. The Hall–Kier alpha value is -0.860. The third-order valence-electron chi connectivity index (χ3n) is 2.40. The van der Waals surface area contributed by atoms with Gasteiger partial charge in [-0.05, 0) is 11.8 Å². The first kappa shape index (κ1) is 12.2. The highest BCUT2D eigenvalue weighted by atomic mass is 15.4. The standard InChI is InChI=1S/C12H23N3/c1-11(2,3)7-8-15-9-10(13-14-15)12(4,5)6/h9H,7-8H2,1-6H3. The molecule has 0 N–H and O–H groups in total. The molecule has 0 unspecified atom stereocenters. The fraction of sp³-hybridized carbons (Fsp3) is 0.833. The maximum atomic E-state index is 4.20. The van der Waals surface area contributed by atoms with E-state index in [1.54, 1.807) is 0 Å². The molecule has 0 aliphatic carbocycles. The van der Waals surface area contributed by atoms with Crippen molar-refractivity contribution in [1.29, 1.82) is 0 Å². The summed E-state index contributed by atoms with van der Waals surface area (Å²) in [6.07, 6.45) is 3.19. The van der Waals surface area contributed by atoms with Crippen LogP contribution in [0.1, 0.15) is 53.7 Å². The predicted molar refractivity (Wildman–Crippen MR) is 62.8 cm³/mol. The van der Waals surface area contributed by atoms with Gasteiger partial charge in [0.2, 0.25) is 0 Å². The van der Waals surface area contributed by atoms with E-state index in [1.807, 2.05) is 4.68 Å². The quantitative estimate of drug-likeness (QED) is 0.749. The lowest BCUT2D eigenvalue weighted by Crippen LogP contribution is -2.12. The Kier molecular flexibility index (Phi) is 3.22. The summed E-state index contributed by atoms with van der Waals surface area (Å²) in [6, 6.07) is 0. The molecule has 3 nitrogen and oxygen atoms in total. The van der Waals surface area contributed by atoms with Crippen LogP contribution in [0.25, 0.3) is 0 Å². The van der Waals surface area contributed by atoms with Gasteiger partial charge >= 0.3 is 0 Å². The van der Waals surface area contributed by atoms with Crippen LogP contribution in [0.3, 0.4) is 0 Å². The van der Waals surface area contributed by atoms with Crippen molar-refractivity contribution < 1.29 is 0 Å². The molecule has 86 valence electrons. The minimum absolute atomic E-state index is 0.0972. The molecular weight excluding hydrogens is 186 g/mol. The number of rotatable bonds is 2. The largest absolute Gasteiger partial charge is 0.252 e. The summed E-state index contributed by atoms with van der Waals surface area (Å²) in [4.78, 5) is 0. The molecule has 0 aliphatic rings. The van der Waals surface area contributed by atoms with E-state index in [0.717, 1.165) is 18.7 Å². The molecule has 0 amide bonds. The van der Waals surface area contributed by atoms with E-state index in [0.29, 0.717) is 5.41 Å². The lowest BCUT2D eigenvalue weighted by atomic mass is 9.92. The van der Waals surface area contributed by atoms with Gasteiger partial charge in [0, 0.05) is 18.2 Å². The van der Waals surface area contributed by atoms with Crippen molar-refractivity contribution in [2.75, 3.05) is 0 Å². The van der Waals surface area contributed by atoms with Gasteiger partial charge in [0.1, 0.15) is 0 Å². The summed E-state index contributed by atoms with van der Waals surface area (Å²) >= 11 is 0. The van der Waals surface area contributed by atoms with Gasteiger partial charge in [-0.1, -0.05) is 46.8 Å². The van der Waals surface area contributed by atoms with Crippen LogP contribution < -0.4 is 0 Å². The topological polar surface area (TPSA) is 30.7 Å². The molecule has 0 aliphatic heterocycles. The van der Waals surface area contributed by atoms with Gasteiger partial charge in [-0.3, -0.25) is 4.68 Å². The van der Waals surface area contributed by atoms with E-state index >= 15 is 0 Å². The summed E-state index contributed by atoms with van der Waals surface area (Å²) in [5, 5.41) is 8.35. The van der Waals surface area contributed by atoms with Gasteiger partial charge in [0.25, 0.3) is 0 Å². The van der Waals surface area contributed by atoms with Crippen molar-refractivity contribution in [3.05, 3.63) is 11.9 Å². The molecule has 3 heteroatoms. The van der Waals surface area contributed by atoms with Gasteiger partial charge < -0.3 is 0 Å². The third-order valence-corrected chi connectivity index (χ3v) is 2.40. The minimum atomic E-state index is 0.0972. The first-order valence-corrected chi connectivity index (χ1v) is 5.59. The maximum Gasteiger partial charge on any atom is 0.0880 e. The molecule has 0 aromatic carbocycles. The molecular formula is C12H23N3. The third kappa shape index (κ3) is 4.02. The van der Waals surface area contributed by atoms with Crippen molar-refractivity contribution in [2.24, 2.45) is 5.41 Å². The fourth-order valence-electron chi connectivity index (χ4n) is 1.20. The number of aryl methyl sites for hydroxylation is 1. The van der Waals surface area contributed by atoms with Crippen molar-refractivity contribution in [1.82, 2.24) is 15.0 Å². The summed E-state index contributed by atoms with van der Waals surface area (Å²) in [6.45, 7) is 14.2. The lowest BCUT2D eigenvalue weighted by Gasteiger charge is -2.17. The zero-order valence-corrected chi connectivity index (χ0v) is 10.8. The van der Waals surface area contributed by atoms with Crippen LogP contribution in [-0.2, 0) is 12.0 Å². The van der Waals surface area contributed by atoms with Crippen molar-refractivity contribution in [3.63, 3.8) is 0 Å². The van der Waals surface area contributed by atoms with E-state index in [9.17, 15) is 0 Å². The van der Waals surface area contributed by atoms with Crippen LogP contribution in [0.5, 0.6) is 0 Å². The summed E-state index contributed by atoms with van der Waals surface area (Å²) in [7, 11) is 0. The van der Waals surface area contributed by atoms with Gasteiger partial charge in [-0.25, -0.2) is 0 Å². The normalized spacial score (nSPS) is 13.2. The Balaban J connectivity index is 2.62. The Bertz CT molecular complexity index is 312. The highest BCUT2D eigenvalue weighted by molar-refractivity contribution is 5.06. The monoisotopic (exact) mass is 209 g/mol. The van der Waals surface area contributed by atoms with E-state index in [2.05, 4.69) is 58.1 Å². The second-order valence-electron chi connectivity index (χ2n) is 6.43. The average molecular weight is 209 g/mol. The van der Waals surface area contributed by atoms with Crippen LogP contribution in [0.4, 0.5) is 0 Å². The number of hydrogen-bond donors (Lipinski definition) is 0. The number of hydrogen-bond acceptors (Lipinski definition) is 2. The van der Waals surface area contributed by atoms with Gasteiger partial charge in [0.15, 0.2) is 0 Å². The Morgan fingerprint density at radius 1 is 1.13 bits per heavy atom. The van der Waals surface area contributed by atoms with E-state index < -0.39 is 0 Å². The molecule has 0 saturated heterocycles. The molecule has 0 spiro atoms. The summed E-state index contributed by atoms with van der Waals surface area (Å²) in [5.74, 6) is 0. The predicted octanol–water partition coefficient (Wildman–Crippen LogP) is 3.01. The highest BCUT2D eigenvalue weighted by Crippen LogP contribution is 2.21. The van der Waals surface area contributed by atoms with Gasteiger partial charge in [-0.15, -0.1) is 5.10 Å². The van der Waals surface area contributed by atoms with Crippen molar-refractivity contribution in [2.45, 2.75) is 59.9 Å². The van der Waals surface area contributed by atoms with Crippen molar-refractivity contribution in [3.8, 4) is 0 Å². The van der Waals surface area contributed by atoms with E-state index in [-0.39, 0.29) is 5.41 Å². The summed E-state index contributed by atoms with van der Waals surface area (Å²) < 4.78 is 1.95. The van der Waals surface area contributed by atoms with E-state index in [4.69, 9.17) is 0 Å². The van der Waals surface area contributed by atoms with Crippen LogP contribution in [0.15, 0.2) is 6.20 Å². The first-order valence-electron chi connectivity index (χ1n) is 5.59. The second-order valence-corrected chi connectivity index (χ2v) is 6.43. The Morgan fingerprint density at radius 2 is 1.73 bits per heavy atom. The van der Waals surface area contributed by atoms with Crippen LogP contribution in [0.2, 0.25) is 0 Å². The number of nitrogens with zero attached hydrogens (tertiary/aromatic N) is 3. The Morgan fingerprint density at radius 3 is 2.13 bits per heavy atom. The van der Waals surface area contributed by atoms with E-state index in [1.165, 1.54) is 0 Å². The summed E-state index contributed by atoms with van der Waals surface area (Å²) in [5.41, 5.74) is 1.52. The molecule has 0 saturated carbocycles. The first-order chi connectivity index (χ1) is 6.68. The second kappa shape index (κ2) is 3.95. The fourth-order valence-corrected chi connectivity index (χ4v) is 1.20. The van der Waals surface area contributed by atoms with Gasteiger partial charge in [0.05, 0.1) is 5.69 Å². The number of aromatic nitrogens is 3. The molecule has 0 radical (unpaired) electrons. The van der Waals surface area contributed by atoms with Gasteiger partial charge in [-0.2, -0.15) is 0 Å². The molecule has 1 aromatic heterocycles. The average Bonchev–Trinajstić information content (AvgIpc) is 2.45. The highest BCUT2D eigenvalue weighted by Gasteiger charge is 2.18. The SMILES string of the molecule is CC(C)(C)CCn1cc(C(C)(C)C)nn1. The van der Waals surface area contributed by atoms with Crippen molar-refractivity contribution >= 4 is 0 Å². The molecule has 15 heavy (non-hydrogen) atoms. The molecule has 0 atom stereocenters. The van der Waals surface area contributed by atoms with Crippen LogP contribution >= 0.6 is 0 Å². The maximum absolute atomic E-state index is 4.20.